The molecule has 0 spiro atoms. The third-order valence-electron chi connectivity index (χ3n) is 3.36. The van der Waals surface area contributed by atoms with E-state index in [9.17, 15) is 0 Å². The van der Waals surface area contributed by atoms with Crippen molar-refractivity contribution in [1.29, 1.82) is 0 Å². The molecule has 0 saturated carbocycles. The Morgan fingerprint density at radius 1 is 1.29 bits per heavy atom. The molecule has 2 rings (SSSR count). The number of halogens is 1. The van der Waals surface area contributed by atoms with E-state index in [0.717, 1.165) is 38.4 Å². The van der Waals surface area contributed by atoms with E-state index in [1.807, 2.05) is 19.1 Å². The zero-order chi connectivity index (χ0) is 15.1. The normalized spacial score (nSPS) is 16.0. The fourth-order valence-corrected chi connectivity index (χ4v) is 2.53. The lowest BCUT2D eigenvalue weighted by molar-refractivity contribution is 0.0321. The second kappa shape index (κ2) is 8.44. The summed E-state index contributed by atoms with van der Waals surface area (Å²) >= 11 is 6.28. The molecular formula is C15H23ClN2O3. The Morgan fingerprint density at radius 3 is 2.71 bits per heavy atom. The highest BCUT2D eigenvalue weighted by Crippen LogP contribution is 2.36. The van der Waals surface area contributed by atoms with Crippen molar-refractivity contribution in [2.24, 2.45) is 5.73 Å². The molecule has 1 heterocycles. The van der Waals surface area contributed by atoms with E-state index in [1.54, 1.807) is 0 Å². The fourth-order valence-electron chi connectivity index (χ4n) is 2.24. The third-order valence-corrected chi connectivity index (χ3v) is 3.64. The van der Waals surface area contributed by atoms with Crippen molar-refractivity contribution in [3.05, 3.63) is 22.7 Å². The first-order valence-corrected chi connectivity index (χ1v) is 7.70. The van der Waals surface area contributed by atoms with Gasteiger partial charge in [-0.05, 0) is 24.6 Å². The molecule has 1 aliphatic heterocycles. The minimum atomic E-state index is 0.424. The minimum Gasteiger partial charge on any atom is -0.490 e. The molecule has 118 valence electrons. The average Bonchev–Trinajstić information content (AvgIpc) is 2.51. The summed E-state index contributed by atoms with van der Waals surface area (Å²) in [6.07, 6.45) is 0. The van der Waals surface area contributed by atoms with Crippen LogP contribution in [-0.4, -0.2) is 51.0 Å². The molecule has 0 aromatic heterocycles. The average molecular weight is 315 g/mol. The number of nitrogens with two attached hydrogens (primary N) is 1. The molecule has 6 heteroatoms. The lowest BCUT2D eigenvalue weighted by Crippen LogP contribution is -2.38. The fraction of sp³-hybridized carbons (Fsp3) is 0.600. The van der Waals surface area contributed by atoms with Crippen molar-refractivity contribution in [1.82, 2.24) is 4.90 Å². The topological polar surface area (TPSA) is 57.0 Å². The summed E-state index contributed by atoms with van der Waals surface area (Å²) in [7, 11) is 0. The van der Waals surface area contributed by atoms with E-state index < -0.39 is 0 Å². The van der Waals surface area contributed by atoms with E-state index in [1.165, 1.54) is 0 Å². The molecule has 5 nitrogen and oxygen atoms in total. The Bertz CT molecular complexity index is 451. The van der Waals surface area contributed by atoms with Gasteiger partial charge < -0.3 is 19.9 Å². The van der Waals surface area contributed by atoms with Gasteiger partial charge >= 0.3 is 0 Å². The number of hydrogen-bond acceptors (Lipinski definition) is 5. The molecule has 1 aromatic rings. The highest BCUT2D eigenvalue weighted by molar-refractivity contribution is 6.32. The van der Waals surface area contributed by atoms with Crippen LogP contribution in [0.2, 0.25) is 5.02 Å². The lowest BCUT2D eigenvalue weighted by Gasteiger charge is -2.26. The van der Waals surface area contributed by atoms with Gasteiger partial charge in [-0.25, -0.2) is 0 Å². The SMILES string of the molecule is CCOc1cc(CN)cc(Cl)c1OCCN1CCOCC1. The van der Waals surface area contributed by atoms with Crippen LogP contribution in [0.1, 0.15) is 12.5 Å². The summed E-state index contributed by atoms with van der Waals surface area (Å²) in [5.74, 6) is 1.26. The summed E-state index contributed by atoms with van der Waals surface area (Å²) in [6, 6.07) is 3.72. The maximum absolute atomic E-state index is 6.28. The van der Waals surface area contributed by atoms with Crippen LogP contribution < -0.4 is 15.2 Å². The van der Waals surface area contributed by atoms with Crippen LogP contribution in [0.25, 0.3) is 0 Å². The van der Waals surface area contributed by atoms with Gasteiger partial charge in [-0.2, -0.15) is 0 Å². The van der Waals surface area contributed by atoms with E-state index in [0.29, 0.717) is 36.3 Å². The second-order valence-corrected chi connectivity index (χ2v) is 5.25. The van der Waals surface area contributed by atoms with Crippen LogP contribution in [0.5, 0.6) is 11.5 Å². The van der Waals surface area contributed by atoms with Crippen molar-refractivity contribution in [3.8, 4) is 11.5 Å². The van der Waals surface area contributed by atoms with Crippen molar-refractivity contribution in [2.45, 2.75) is 13.5 Å². The number of morpholine rings is 1. The molecule has 0 unspecified atom stereocenters. The van der Waals surface area contributed by atoms with Gasteiger partial charge in [0.2, 0.25) is 0 Å². The van der Waals surface area contributed by atoms with Crippen LogP contribution in [-0.2, 0) is 11.3 Å². The van der Waals surface area contributed by atoms with E-state index in [2.05, 4.69) is 4.90 Å². The van der Waals surface area contributed by atoms with Gasteiger partial charge in [0.15, 0.2) is 11.5 Å². The first kappa shape index (κ1) is 16.4. The third kappa shape index (κ3) is 4.74. The molecule has 1 saturated heterocycles. The molecule has 0 amide bonds. The molecule has 1 fully saturated rings. The van der Waals surface area contributed by atoms with Crippen LogP contribution in [0.15, 0.2) is 12.1 Å². The first-order chi connectivity index (χ1) is 10.2. The number of ether oxygens (including phenoxy) is 3. The summed E-state index contributed by atoms with van der Waals surface area (Å²) in [5, 5.41) is 0.545. The van der Waals surface area contributed by atoms with Gasteiger partial charge in [-0.15, -0.1) is 0 Å². The van der Waals surface area contributed by atoms with Crippen LogP contribution in [0.3, 0.4) is 0 Å². The minimum absolute atomic E-state index is 0.424. The second-order valence-electron chi connectivity index (χ2n) is 4.84. The number of rotatable bonds is 7. The Morgan fingerprint density at radius 2 is 2.05 bits per heavy atom. The number of nitrogens with zero attached hydrogens (tertiary/aromatic N) is 1. The zero-order valence-corrected chi connectivity index (χ0v) is 13.2. The van der Waals surface area contributed by atoms with Crippen molar-refractivity contribution >= 4 is 11.6 Å². The highest BCUT2D eigenvalue weighted by Gasteiger charge is 2.14. The van der Waals surface area contributed by atoms with Crippen LogP contribution >= 0.6 is 11.6 Å². The van der Waals surface area contributed by atoms with E-state index in [-0.39, 0.29) is 0 Å². The van der Waals surface area contributed by atoms with Crippen molar-refractivity contribution in [3.63, 3.8) is 0 Å². The smallest absolute Gasteiger partial charge is 0.179 e. The largest absolute Gasteiger partial charge is 0.490 e. The molecular weight excluding hydrogens is 292 g/mol. The summed E-state index contributed by atoms with van der Waals surface area (Å²) in [4.78, 5) is 2.31. The highest BCUT2D eigenvalue weighted by atomic mass is 35.5. The Kier molecular flexibility index (Phi) is 6.57. The van der Waals surface area contributed by atoms with Crippen molar-refractivity contribution in [2.75, 3.05) is 46.1 Å². The molecule has 21 heavy (non-hydrogen) atoms. The molecule has 0 bridgehead atoms. The molecule has 0 atom stereocenters. The number of hydrogen-bond donors (Lipinski definition) is 1. The summed E-state index contributed by atoms with van der Waals surface area (Å²) in [5.41, 5.74) is 6.59. The van der Waals surface area contributed by atoms with Crippen molar-refractivity contribution < 1.29 is 14.2 Å². The van der Waals surface area contributed by atoms with Gasteiger partial charge in [0.05, 0.1) is 24.8 Å². The predicted molar refractivity (Wildman–Crippen MR) is 83.3 cm³/mol. The van der Waals surface area contributed by atoms with Gasteiger partial charge in [0.25, 0.3) is 0 Å². The molecule has 2 N–H and O–H groups in total. The maximum Gasteiger partial charge on any atom is 0.179 e. The van der Waals surface area contributed by atoms with Gasteiger partial charge in [0, 0.05) is 26.2 Å². The van der Waals surface area contributed by atoms with E-state index >= 15 is 0 Å². The van der Waals surface area contributed by atoms with E-state index in [4.69, 9.17) is 31.5 Å². The molecule has 1 aromatic carbocycles. The van der Waals surface area contributed by atoms with Gasteiger partial charge in [-0.1, -0.05) is 11.6 Å². The van der Waals surface area contributed by atoms with Crippen LogP contribution in [0, 0.1) is 0 Å². The van der Waals surface area contributed by atoms with Gasteiger partial charge in [0.1, 0.15) is 6.61 Å². The monoisotopic (exact) mass is 314 g/mol. The standard InChI is InChI=1S/C15H23ClN2O3/c1-2-20-14-10-12(11-17)9-13(16)15(14)21-8-5-18-3-6-19-7-4-18/h9-10H,2-8,11,17H2,1H3. The first-order valence-electron chi connectivity index (χ1n) is 7.32. The van der Waals surface area contributed by atoms with Crippen LogP contribution in [0.4, 0.5) is 0 Å². The molecule has 0 aliphatic carbocycles. The lowest BCUT2D eigenvalue weighted by atomic mass is 10.2. The Balaban J connectivity index is 1.97. The Labute approximate surface area is 130 Å². The zero-order valence-electron chi connectivity index (χ0n) is 12.4. The van der Waals surface area contributed by atoms with Gasteiger partial charge in [-0.3, -0.25) is 4.90 Å². The molecule has 0 radical (unpaired) electrons. The predicted octanol–water partition coefficient (Wildman–Crippen LogP) is 1.91. The number of benzene rings is 1. The Hall–Kier alpha value is -1.01. The quantitative estimate of drug-likeness (QED) is 0.833. The summed E-state index contributed by atoms with van der Waals surface area (Å²) < 4.78 is 16.8. The maximum atomic E-state index is 6.28. The molecule has 1 aliphatic rings. The summed E-state index contributed by atoms with van der Waals surface area (Å²) in [6.45, 7) is 7.81.